The third-order valence-corrected chi connectivity index (χ3v) is 5.07. The van der Waals surface area contributed by atoms with Crippen molar-refractivity contribution in [3.63, 3.8) is 0 Å². The number of aromatic nitrogens is 4. The van der Waals surface area contributed by atoms with Crippen LogP contribution in [0.5, 0.6) is 0 Å². The monoisotopic (exact) mass is 361 g/mol. The molecular weight excluding hydrogens is 342 g/mol. The lowest BCUT2D eigenvalue weighted by Crippen LogP contribution is -2.48. The van der Waals surface area contributed by atoms with Crippen LogP contribution >= 0.6 is 0 Å². The molecule has 5 heterocycles. The molecule has 2 amide bonds. The maximum Gasteiger partial charge on any atom is 0.329 e. The second kappa shape index (κ2) is 6.08. The molecule has 5 rings (SSSR count). The van der Waals surface area contributed by atoms with Gasteiger partial charge in [-0.1, -0.05) is 6.07 Å². The van der Waals surface area contributed by atoms with Crippen LogP contribution in [-0.4, -0.2) is 44.9 Å². The van der Waals surface area contributed by atoms with Crippen molar-refractivity contribution >= 4 is 23.4 Å². The highest BCUT2D eigenvalue weighted by Gasteiger charge is 2.40. The molecule has 0 saturated carbocycles. The number of carbonyl (C=O) groups is 1. The van der Waals surface area contributed by atoms with E-state index in [1.54, 1.807) is 28.0 Å². The number of anilines is 3. The smallest absolute Gasteiger partial charge is 0.329 e. The quantitative estimate of drug-likeness (QED) is 0.759. The van der Waals surface area contributed by atoms with E-state index in [-0.39, 0.29) is 12.1 Å². The maximum absolute atomic E-state index is 13.1. The Bertz CT molecular complexity index is 1000. The Morgan fingerprint density at radius 3 is 2.96 bits per heavy atom. The van der Waals surface area contributed by atoms with Crippen molar-refractivity contribution in [2.75, 3.05) is 28.2 Å². The van der Waals surface area contributed by atoms with Crippen molar-refractivity contribution in [2.24, 2.45) is 7.05 Å². The zero-order chi connectivity index (χ0) is 18.4. The Morgan fingerprint density at radius 1 is 1.26 bits per heavy atom. The predicted octanol–water partition coefficient (Wildman–Crippen LogP) is 2.51. The number of fused-ring (bicyclic) bond motifs is 4. The highest BCUT2D eigenvalue weighted by Crippen LogP contribution is 2.40. The molecule has 27 heavy (non-hydrogen) atoms. The van der Waals surface area contributed by atoms with E-state index in [0.29, 0.717) is 11.6 Å². The van der Waals surface area contributed by atoms with E-state index in [2.05, 4.69) is 20.3 Å². The number of hydrogen-bond acceptors (Lipinski definition) is 5. The van der Waals surface area contributed by atoms with E-state index in [0.717, 1.165) is 36.5 Å². The van der Waals surface area contributed by atoms with Gasteiger partial charge in [-0.3, -0.25) is 14.9 Å². The molecule has 2 aliphatic rings. The van der Waals surface area contributed by atoms with E-state index >= 15 is 0 Å². The third-order valence-electron chi connectivity index (χ3n) is 5.07. The number of rotatable bonds is 2. The Hall–Kier alpha value is -3.42. The molecule has 8 nitrogen and oxygen atoms in total. The fraction of sp³-hybridized carbons (Fsp3) is 0.263. The molecule has 0 radical (unpaired) electrons. The topological polar surface area (TPSA) is 79.2 Å². The number of nitrogens with one attached hydrogen (secondary N) is 1. The lowest BCUT2D eigenvalue weighted by Gasteiger charge is -2.35. The van der Waals surface area contributed by atoms with Crippen LogP contribution < -0.4 is 15.1 Å². The number of amides is 2. The molecule has 1 N–H and O–H groups in total. The second-order valence-electron chi connectivity index (χ2n) is 6.85. The summed E-state index contributed by atoms with van der Waals surface area (Å²) < 4.78 is 1.75. The van der Waals surface area contributed by atoms with Gasteiger partial charge in [0, 0.05) is 38.1 Å². The van der Waals surface area contributed by atoms with Gasteiger partial charge in [0.05, 0.1) is 23.6 Å². The Balaban J connectivity index is 1.54. The van der Waals surface area contributed by atoms with Gasteiger partial charge >= 0.3 is 6.03 Å². The summed E-state index contributed by atoms with van der Waals surface area (Å²) in [5.74, 6) is 1.23. The molecule has 3 aromatic rings. The second-order valence-corrected chi connectivity index (χ2v) is 6.85. The average Bonchev–Trinajstić information content (AvgIpc) is 3.30. The summed E-state index contributed by atoms with van der Waals surface area (Å²) in [4.78, 5) is 26.2. The molecule has 1 saturated heterocycles. The van der Waals surface area contributed by atoms with Crippen molar-refractivity contribution in [2.45, 2.75) is 12.5 Å². The summed E-state index contributed by atoms with van der Waals surface area (Å²) in [5.41, 5.74) is 2.73. The van der Waals surface area contributed by atoms with E-state index in [9.17, 15) is 4.79 Å². The van der Waals surface area contributed by atoms with Gasteiger partial charge in [-0.15, -0.1) is 0 Å². The van der Waals surface area contributed by atoms with E-state index < -0.39 is 0 Å². The van der Waals surface area contributed by atoms with Crippen LogP contribution in [0, 0.1) is 0 Å². The first-order chi connectivity index (χ1) is 13.2. The van der Waals surface area contributed by atoms with Crippen LogP contribution in [0.2, 0.25) is 0 Å². The molecule has 0 aromatic carbocycles. The SMILES string of the molecule is Cn1cc(-c2ccc3c(n2)N(C(=O)Nc2ccccn2)[C@H]2CCN3C2)cn1. The Kier molecular flexibility index (Phi) is 3.56. The number of pyridine rings is 2. The highest BCUT2D eigenvalue weighted by molar-refractivity contribution is 6.04. The molecule has 8 heteroatoms. The maximum atomic E-state index is 13.1. The summed E-state index contributed by atoms with van der Waals surface area (Å²) in [7, 11) is 1.88. The lowest BCUT2D eigenvalue weighted by atomic mass is 10.1. The molecule has 0 spiro atoms. The molecule has 2 aliphatic heterocycles. The molecular formula is C19H19N7O. The van der Waals surface area contributed by atoms with Gasteiger partial charge in [-0.25, -0.2) is 14.8 Å². The van der Waals surface area contributed by atoms with Gasteiger partial charge < -0.3 is 4.90 Å². The van der Waals surface area contributed by atoms with Gasteiger partial charge in [0.1, 0.15) is 5.82 Å². The van der Waals surface area contributed by atoms with Crippen molar-refractivity contribution in [1.29, 1.82) is 0 Å². The van der Waals surface area contributed by atoms with Gasteiger partial charge in [-0.2, -0.15) is 5.10 Å². The first kappa shape index (κ1) is 15.8. The van der Waals surface area contributed by atoms with Crippen LogP contribution in [-0.2, 0) is 7.05 Å². The first-order valence-electron chi connectivity index (χ1n) is 8.95. The number of carbonyl (C=O) groups excluding carboxylic acids is 1. The molecule has 136 valence electrons. The van der Waals surface area contributed by atoms with Gasteiger partial charge in [0.15, 0.2) is 5.82 Å². The van der Waals surface area contributed by atoms with E-state index in [1.807, 2.05) is 37.5 Å². The largest absolute Gasteiger partial charge is 0.366 e. The molecule has 0 aliphatic carbocycles. The summed E-state index contributed by atoms with van der Waals surface area (Å²) in [6.07, 6.45) is 6.29. The predicted molar refractivity (Wildman–Crippen MR) is 103 cm³/mol. The van der Waals surface area contributed by atoms with Crippen molar-refractivity contribution in [1.82, 2.24) is 19.7 Å². The Labute approximate surface area is 156 Å². The fourth-order valence-electron chi connectivity index (χ4n) is 3.79. The standard InChI is InChI=1S/C19H19N7O/c1-24-11-13(10-21-24)15-5-6-16-18(22-15)26(14-7-9-25(16)12-14)19(27)23-17-4-2-3-8-20-17/h2-6,8,10-11,14H,7,9,12H2,1H3,(H,20,23,27)/t14-/m0/s1. The molecule has 3 aromatic heterocycles. The zero-order valence-electron chi connectivity index (χ0n) is 14.9. The lowest BCUT2D eigenvalue weighted by molar-refractivity contribution is 0.254. The fourth-order valence-corrected chi connectivity index (χ4v) is 3.79. The summed E-state index contributed by atoms with van der Waals surface area (Å²) >= 11 is 0. The van der Waals surface area contributed by atoms with Gasteiger partial charge in [-0.05, 0) is 30.7 Å². The average molecular weight is 361 g/mol. The Morgan fingerprint density at radius 2 is 2.19 bits per heavy atom. The number of nitrogens with zero attached hydrogens (tertiary/aromatic N) is 6. The van der Waals surface area contributed by atoms with Gasteiger partial charge in [0.25, 0.3) is 0 Å². The van der Waals surface area contributed by atoms with E-state index in [4.69, 9.17) is 4.98 Å². The molecule has 2 bridgehead atoms. The third kappa shape index (κ3) is 2.69. The van der Waals surface area contributed by atoms with Crippen molar-refractivity contribution in [3.8, 4) is 11.3 Å². The van der Waals surface area contributed by atoms with Crippen LogP contribution in [0.25, 0.3) is 11.3 Å². The summed E-state index contributed by atoms with van der Waals surface area (Å²) in [6.45, 7) is 1.76. The summed E-state index contributed by atoms with van der Waals surface area (Å²) in [6, 6.07) is 9.40. The highest BCUT2D eigenvalue weighted by atomic mass is 16.2. The van der Waals surface area contributed by atoms with Crippen LogP contribution in [0.4, 0.5) is 22.1 Å². The van der Waals surface area contributed by atoms with Crippen LogP contribution in [0.15, 0.2) is 48.9 Å². The molecule has 0 unspecified atom stereocenters. The minimum atomic E-state index is -0.197. The summed E-state index contributed by atoms with van der Waals surface area (Å²) in [5, 5.41) is 7.12. The molecule has 1 atom stereocenters. The van der Waals surface area contributed by atoms with E-state index in [1.165, 1.54) is 0 Å². The van der Waals surface area contributed by atoms with Gasteiger partial charge in [0.2, 0.25) is 0 Å². The minimum Gasteiger partial charge on any atom is -0.366 e. The normalized spacial score (nSPS) is 17.7. The zero-order valence-corrected chi connectivity index (χ0v) is 14.9. The number of aryl methyl sites for hydroxylation is 1. The minimum absolute atomic E-state index is 0.109. The number of urea groups is 1. The molecule has 1 fully saturated rings. The number of hydrogen-bond donors (Lipinski definition) is 1. The van der Waals surface area contributed by atoms with Crippen molar-refractivity contribution in [3.05, 3.63) is 48.9 Å². The van der Waals surface area contributed by atoms with Crippen molar-refractivity contribution < 1.29 is 4.79 Å². The van der Waals surface area contributed by atoms with Crippen LogP contribution in [0.3, 0.4) is 0 Å². The van der Waals surface area contributed by atoms with Crippen LogP contribution in [0.1, 0.15) is 6.42 Å². The first-order valence-corrected chi connectivity index (χ1v) is 8.95.